The molecule has 0 spiro atoms. The quantitative estimate of drug-likeness (QED) is 0.716. The first-order valence-electron chi connectivity index (χ1n) is 9.40. The normalized spacial score (nSPS) is 20.6. The summed E-state index contributed by atoms with van der Waals surface area (Å²) in [7, 11) is 0. The summed E-state index contributed by atoms with van der Waals surface area (Å²) >= 11 is 1.31. The number of hydrogen-bond donors (Lipinski definition) is 2. The van der Waals surface area contributed by atoms with Crippen LogP contribution in [0.25, 0.3) is 0 Å². The summed E-state index contributed by atoms with van der Waals surface area (Å²) < 4.78 is 4.89. The second-order valence-electron chi connectivity index (χ2n) is 7.82. The van der Waals surface area contributed by atoms with Crippen LogP contribution in [0.15, 0.2) is 10.6 Å². The number of nitrogens with zero attached hydrogens (tertiary/aromatic N) is 1. The number of nitrogens with one attached hydrogen (secondary N) is 2. The Hall–Kier alpha value is -1.50. The molecule has 146 valence electrons. The van der Waals surface area contributed by atoms with Gasteiger partial charge in [0.25, 0.3) is 0 Å². The van der Waals surface area contributed by atoms with E-state index in [4.69, 9.17) is 4.52 Å². The van der Waals surface area contributed by atoms with Crippen LogP contribution in [0.4, 0.5) is 5.82 Å². The van der Waals surface area contributed by atoms with Crippen LogP contribution in [0.5, 0.6) is 0 Å². The summed E-state index contributed by atoms with van der Waals surface area (Å²) in [6.45, 7) is 8.71. The van der Waals surface area contributed by atoms with E-state index in [1.165, 1.54) is 31.0 Å². The summed E-state index contributed by atoms with van der Waals surface area (Å²) in [5.41, 5.74) is 0.389. The molecule has 1 aliphatic rings. The van der Waals surface area contributed by atoms with Crippen LogP contribution in [0.3, 0.4) is 0 Å². The van der Waals surface area contributed by atoms with Gasteiger partial charge in [-0.2, -0.15) is 0 Å². The average molecular weight is 382 g/mol. The fourth-order valence-corrected chi connectivity index (χ4v) is 4.05. The molecule has 0 unspecified atom stereocenters. The molecule has 0 aromatic carbocycles. The van der Waals surface area contributed by atoms with Crippen molar-refractivity contribution in [1.29, 1.82) is 0 Å². The third-order valence-corrected chi connectivity index (χ3v) is 6.40. The van der Waals surface area contributed by atoms with Gasteiger partial charge in [0.2, 0.25) is 11.8 Å². The third-order valence-electron chi connectivity index (χ3n) is 5.47. The molecule has 6 nitrogen and oxygen atoms in total. The molecule has 0 atom stereocenters. The SMILES string of the molecule is CCC(C)(C)C1CCC(NC(=O)CSCC(=O)Nc2cc(C)on2)CC1. The maximum absolute atomic E-state index is 12.1. The highest BCUT2D eigenvalue weighted by atomic mass is 32.2. The van der Waals surface area contributed by atoms with Crippen molar-refractivity contribution in [2.45, 2.75) is 65.8 Å². The summed E-state index contributed by atoms with van der Waals surface area (Å²) in [4.78, 5) is 23.9. The van der Waals surface area contributed by atoms with E-state index in [2.05, 4.69) is 36.6 Å². The predicted molar refractivity (Wildman–Crippen MR) is 105 cm³/mol. The Bertz CT molecular complexity index is 607. The molecule has 2 rings (SSSR count). The van der Waals surface area contributed by atoms with E-state index in [0.717, 1.165) is 18.8 Å². The molecule has 1 aliphatic carbocycles. The third kappa shape index (κ3) is 6.34. The number of thioether (sulfide) groups is 1. The zero-order valence-corrected chi connectivity index (χ0v) is 17.1. The number of carbonyl (C=O) groups is 2. The number of hydrogen-bond acceptors (Lipinski definition) is 5. The lowest BCUT2D eigenvalue weighted by atomic mass is 9.69. The fourth-order valence-electron chi connectivity index (χ4n) is 3.42. The predicted octanol–water partition coefficient (Wildman–Crippen LogP) is 3.77. The first-order valence-corrected chi connectivity index (χ1v) is 10.6. The van der Waals surface area contributed by atoms with Crippen molar-refractivity contribution in [2.24, 2.45) is 11.3 Å². The molecule has 2 amide bonds. The lowest BCUT2D eigenvalue weighted by Gasteiger charge is -2.39. The first kappa shape index (κ1) is 20.8. The number of aryl methyl sites for hydroxylation is 1. The Morgan fingerprint density at radius 3 is 2.46 bits per heavy atom. The van der Waals surface area contributed by atoms with Crippen LogP contribution < -0.4 is 10.6 Å². The number of carbonyl (C=O) groups excluding carboxylic acids is 2. The largest absolute Gasteiger partial charge is 0.360 e. The van der Waals surface area contributed by atoms with Crippen molar-refractivity contribution in [3.05, 3.63) is 11.8 Å². The second kappa shape index (κ2) is 9.44. The highest BCUT2D eigenvalue weighted by Crippen LogP contribution is 2.40. The molecule has 0 saturated heterocycles. The Kier molecular flexibility index (Phi) is 7.55. The van der Waals surface area contributed by atoms with Gasteiger partial charge in [-0.05, 0) is 43.9 Å². The van der Waals surface area contributed by atoms with Gasteiger partial charge in [0.15, 0.2) is 5.82 Å². The van der Waals surface area contributed by atoms with Gasteiger partial charge in [0, 0.05) is 12.1 Å². The summed E-state index contributed by atoms with van der Waals surface area (Å²) in [5.74, 6) is 2.15. The van der Waals surface area contributed by atoms with Crippen LogP contribution >= 0.6 is 11.8 Å². The molecule has 1 aromatic rings. The van der Waals surface area contributed by atoms with Gasteiger partial charge < -0.3 is 15.2 Å². The number of amides is 2. The monoisotopic (exact) mass is 381 g/mol. The lowest BCUT2D eigenvalue weighted by Crippen LogP contribution is -2.40. The molecule has 1 heterocycles. The zero-order valence-electron chi connectivity index (χ0n) is 16.3. The Morgan fingerprint density at radius 1 is 1.23 bits per heavy atom. The molecule has 1 saturated carbocycles. The van der Waals surface area contributed by atoms with Crippen molar-refractivity contribution in [2.75, 3.05) is 16.8 Å². The lowest BCUT2D eigenvalue weighted by molar-refractivity contribution is -0.119. The fraction of sp³-hybridized carbons (Fsp3) is 0.737. The number of aromatic nitrogens is 1. The summed E-state index contributed by atoms with van der Waals surface area (Å²) in [5, 5.41) is 9.47. The number of anilines is 1. The topological polar surface area (TPSA) is 84.2 Å². The minimum atomic E-state index is -0.182. The summed E-state index contributed by atoms with van der Waals surface area (Å²) in [6, 6.07) is 1.93. The van der Waals surface area contributed by atoms with E-state index in [9.17, 15) is 9.59 Å². The molecule has 2 N–H and O–H groups in total. The minimum absolute atomic E-state index is 0.0123. The van der Waals surface area contributed by atoms with Gasteiger partial charge in [0.1, 0.15) is 5.76 Å². The second-order valence-corrected chi connectivity index (χ2v) is 8.81. The van der Waals surface area contributed by atoms with E-state index in [-0.39, 0.29) is 23.6 Å². The molecule has 7 heteroatoms. The highest BCUT2D eigenvalue weighted by molar-refractivity contribution is 8.00. The van der Waals surface area contributed by atoms with E-state index < -0.39 is 0 Å². The van der Waals surface area contributed by atoms with E-state index in [0.29, 0.717) is 22.7 Å². The van der Waals surface area contributed by atoms with E-state index >= 15 is 0 Å². The van der Waals surface area contributed by atoms with Gasteiger partial charge >= 0.3 is 0 Å². The molecule has 0 bridgehead atoms. The molecule has 26 heavy (non-hydrogen) atoms. The first-order chi connectivity index (χ1) is 12.3. The molecular weight excluding hydrogens is 350 g/mol. The van der Waals surface area contributed by atoms with Crippen molar-refractivity contribution in [3.8, 4) is 0 Å². The van der Waals surface area contributed by atoms with E-state index in [1.807, 2.05) is 0 Å². The van der Waals surface area contributed by atoms with Crippen LogP contribution in [0, 0.1) is 18.3 Å². The smallest absolute Gasteiger partial charge is 0.235 e. The van der Waals surface area contributed by atoms with Crippen molar-refractivity contribution >= 4 is 29.4 Å². The Labute approximate surface area is 160 Å². The number of rotatable bonds is 8. The van der Waals surface area contributed by atoms with Gasteiger partial charge in [-0.25, -0.2) is 0 Å². The van der Waals surface area contributed by atoms with Crippen LogP contribution in [-0.2, 0) is 9.59 Å². The van der Waals surface area contributed by atoms with Gasteiger partial charge in [-0.1, -0.05) is 32.3 Å². The minimum Gasteiger partial charge on any atom is -0.360 e. The zero-order chi connectivity index (χ0) is 19.2. The summed E-state index contributed by atoms with van der Waals surface area (Å²) in [6.07, 6.45) is 5.66. The Balaban J connectivity index is 1.61. The maximum Gasteiger partial charge on any atom is 0.235 e. The molecule has 0 radical (unpaired) electrons. The van der Waals surface area contributed by atoms with Gasteiger partial charge in [-0.15, -0.1) is 11.8 Å². The van der Waals surface area contributed by atoms with Crippen molar-refractivity contribution in [1.82, 2.24) is 10.5 Å². The standard InChI is InChI=1S/C19H31N3O3S/c1-5-19(3,4)14-6-8-15(9-7-14)20-17(23)11-26-12-18(24)21-16-10-13(2)25-22-16/h10,14-15H,5-9,11-12H2,1-4H3,(H,20,23)(H,21,22,24). The molecule has 1 fully saturated rings. The maximum atomic E-state index is 12.1. The van der Waals surface area contributed by atoms with Gasteiger partial charge in [-0.3, -0.25) is 9.59 Å². The Morgan fingerprint density at radius 2 is 1.88 bits per heavy atom. The molecule has 0 aliphatic heterocycles. The highest BCUT2D eigenvalue weighted by Gasteiger charge is 2.32. The van der Waals surface area contributed by atoms with Crippen molar-refractivity contribution in [3.63, 3.8) is 0 Å². The van der Waals surface area contributed by atoms with E-state index in [1.54, 1.807) is 13.0 Å². The van der Waals surface area contributed by atoms with Crippen molar-refractivity contribution < 1.29 is 14.1 Å². The van der Waals surface area contributed by atoms with Crippen LogP contribution in [0.1, 0.15) is 58.6 Å². The van der Waals surface area contributed by atoms with Crippen LogP contribution in [0.2, 0.25) is 0 Å². The average Bonchev–Trinajstić information content (AvgIpc) is 3.00. The molecular formula is C19H31N3O3S. The van der Waals surface area contributed by atoms with Crippen LogP contribution in [-0.4, -0.2) is 34.5 Å². The van der Waals surface area contributed by atoms with Gasteiger partial charge in [0.05, 0.1) is 11.5 Å². The molecule has 1 aromatic heterocycles.